The number of benzene rings is 4. The molecule has 0 unspecified atom stereocenters. The van der Waals surface area contributed by atoms with Crippen LogP contribution in [0.2, 0.25) is 0 Å². The largest absolute Gasteiger partial charge is 0.133 e. The van der Waals surface area contributed by atoms with Gasteiger partial charge in [-0.1, -0.05) is 145 Å². The number of aryl methyl sites for hydroxylation is 1. The maximum Gasteiger partial charge on any atom is 0.133 e. The maximum atomic E-state index is 2.53. The van der Waals surface area contributed by atoms with E-state index in [4.69, 9.17) is 0 Å². The summed E-state index contributed by atoms with van der Waals surface area (Å²) in [4.78, 5) is 0. The first-order valence-corrected chi connectivity index (χ1v) is 14.3. The van der Waals surface area contributed by atoms with Crippen molar-refractivity contribution in [2.75, 3.05) is 0 Å². The molecule has 1 heteroatoms. The van der Waals surface area contributed by atoms with Crippen LogP contribution < -0.4 is 10.4 Å². The Balaban J connectivity index is 1.63. The molecule has 0 saturated carbocycles. The van der Waals surface area contributed by atoms with Gasteiger partial charge in [-0.2, -0.15) is 0 Å². The fourth-order valence-electron chi connectivity index (χ4n) is 5.16. The van der Waals surface area contributed by atoms with Gasteiger partial charge in [-0.25, -0.2) is 0 Å². The van der Waals surface area contributed by atoms with Crippen LogP contribution in [0.4, 0.5) is 0 Å². The summed E-state index contributed by atoms with van der Waals surface area (Å²) in [6.45, 7) is 2.26. The number of hydrogen-bond acceptors (Lipinski definition) is 0. The van der Waals surface area contributed by atoms with Gasteiger partial charge in [-0.3, -0.25) is 0 Å². The highest BCUT2D eigenvalue weighted by molar-refractivity contribution is 6.93. The molecule has 0 radical (unpaired) electrons. The Morgan fingerprint density at radius 2 is 1.18 bits per heavy atom. The number of unbranched alkanes of at least 4 members (excludes halogenated alkanes) is 1. The second-order valence-corrected chi connectivity index (χ2v) is 12.0. The second-order valence-electron chi connectivity index (χ2n) is 9.14. The van der Waals surface area contributed by atoms with Crippen molar-refractivity contribution in [1.82, 2.24) is 0 Å². The van der Waals surface area contributed by atoms with E-state index >= 15 is 0 Å². The molecular formula is C33H32Si. The molecule has 168 valence electrons. The highest BCUT2D eigenvalue weighted by Crippen LogP contribution is 2.41. The Morgan fingerprint density at radius 3 is 1.74 bits per heavy atom. The molecule has 0 amide bonds. The minimum absolute atomic E-state index is 0.997. The molecule has 0 atom stereocenters. The first-order valence-electron chi connectivity index (χ1n) is 12.5. The molecule has 5 rings (SSSR count). The monoisotopic (exact) mass is 456 g/mol. The molecule has 0 aliphatic heterocycles. The zero-order chi connectivity index (χ0) is 23.2. The number of allylic oxidation sites excluding steroid dienone is 4. The van der Waals surface area contributed by atoms with Gasteiger partial charge in [0.2, 0.25) is 0 Å². The molecule has 0 saturated heterocycles. The standard InChI is InChI=1S/C33H32Si/c1-2-3-13-26-20-22-27(23-21-26)31-24-25-32(33(31)28-14-7-4-8-15-28)34(29-16-9-5-10-17-29)30-18-11-6-12-19-30/h4-12,14-23,25,34H,2-3,13,24H2,1H3. The number of hydrogen-bond donors (Lipinski definition) is 0. The predicted molar refractivity (Wildman–Crippen MR) is 150 cm³/mol. The van der Waals surface area contributed by atoms with Crippen LogP contribution in [0.1, 0.15) is 42.9 Å². The molecular weight excluding hydrogens is 424 g/mol. The van der Waals surface area contributed by atoms with Gasteiger partial charge in [0.1, 0.15) is 8.80 Å². The molecule has 1 aliphatic carbocycles. The summed E-state index contributed by atoms with van der Waals surface area (Å²) in [5.41, 5.74) is 7.05. The lowest BCUT2D eigenvalue weighted by molar-refractivity contribution is 0.795. The SMILES string of the molecule is CCCCc1ccc(C2=C(c3ccccc3)C([SiH](c3ccccc3)c3ccccc3)=CC2)cc1. The van der Waals surface area contributed by atoms with Gasteiger partial charge in [-0.05, 0) is 52.3 Å². The van der Waals surface area contributed by atoms with Crippen molar-refractivity contribution in [3.8, 4) is 0 Å². The van der Waals surface area contributed by atoms with Crippen molar-refractivity contribution in [3.05, 3.63) is 143 Å². The summed E-state index contributed by atoms with van der Waals surface area (Å²) >= 11 is 0. The molecule has 0 N–H and O–H groups in total. The Bertz CT molecular complexity index is 1230. The molecule has 0 heterocycles. The van der Waals surface area contributed by atoms with Crippen LogP contribution in [0.5, 0.6) is 0 Å². The average molecular weight is 457 g/mol. The van der Waals surface area contributed by atoms with Crippen LogP contribution in [-0.2, 0) is 6.42 Å². The Hall–Kier alpha value is -3.42. The molecule has 0 spiro atoms. The second kappa shape index (κ2) is 10.7. The van der Waals surface area contributed by atoms with Crippen molar-refractivity contribution in [1.29, 1.82) is 0 Å². The molecule has 0 aromatic heterocycles. The predicted octanol–water partition coefficient (Wildman–Crippen LogP) is 6.85. The van der Waals surface area contributed by atoms with Crippen LogP contribution in [-0.4, -0.2) is 8.80 Å². The van der Waals surface area contributed by atoms with Crippen LogP contribution in [0, 0.1) is 0 Å². The first-order chi connectivity index (χ1) is 16.8. The first kappa shape index (κ1) is 22.4. The lowest BCUT2D eigenvalue weighted by Gasteiger charge is -2.22. The van der Waals surface area contributed by atoms with E-state index in [1.165, 1.54) is 57.5 Å². The van der Waals surface area contributed by atoms with E-state index in [1.807, 2.05) is 0 Å². The van der Waals surface area contributed by atoms with Gasteiger partial charge >= 0.3 is 0 Å². The van der Waals surface area contributed by atoms with Gasteiger partial charge in [-0.15, -0.1) is 0 Å². The summed E-state index contributed by atoms with van der Waals surface area (Å²) in [5.74, 6) is 0. The minimum atomic E-state index is -1.61. The van der Waals surface area contributed by atoms with Gasteiger partial charge in [0.05, 0.1) is 0 Å². The van der Waals surface area contributed by atoms with Crippen molar-refractivity contribution >= 4 is 30.3 Å². The molecule has 0 bridgehead atoms. The van der Waals surface area contributed by atoms with E-state index in [1.54, 1.807) is 5.20 Å². The normalized spacial score (nSPS) is 13.4. The lowest BCUT2D eigenvalue weighted by atomic mass is 9.95. The van der Waals surface area contributed by atoms with E-state index in [-0.39, 0.29) is 0 Å². The average Bonchev–Trinajstić information content (AvgIpc) is 3.34. The molecule has 4 aromatic carbocycles. The van der Waals surface area contributed by atoms with Crippen LogP contribution in [0.3, 0.4) is 0 Å². The van der Waals surface area contributed by atoms with E-state index in [2.05, 4.69) is 128 Å². The molecule has 0 nitrogen and oxygen atoms in total. The summed E-state index contributed by atoms with van der Waals surface area (Å²) in [6.07, 6.45) is 7.19. The Kier molecular flexibility index (Phi) is 7.02. The van der Waals surface area contributed by atoms with Gasteiger partial charge in [0.25, 0.3) is 0 Å². The van der Waals surface area contributed by atoms with Gasteiger partial charge in [0.15, 0.2) is 0 Å². The third-order valence-electron chi connectivity index (χ3n) is 6.88. The highest BCUT2D eigenvalue weighted by Gasteiger charge is 2.29. The third kappa shape index (κ3) is 4.76. The Morgan fingerprint density at radius 1 is 0.618 bits per heavy atom. The fourth-order valence-corrected chi connectivity index (χ4v) is 8.46. The van der Waals surface area contributed by atoms with Gasteiger partial charge < -0.3 is 0 Å². The van der Waals surface area contributed by atoms with Crippen molar-refractivity contribution in [3.63, 3.8) is 0 Å². The summed E-state index contributed by atoms with van der Waals surface area (Å²) in [5, 5.41) is 4.50. The third-order valence-corrected chi connectivity index (χ3v) is 10.1. The zero-order valence-electron chi connectivity index (χ0n) is 20.0. The molecule has 1 aliphatic rings. The summed E-state index contributed by atoms with van der Waals surface area (Å²) in [6, 6.07) is 42.7. The summed E-state index contributed by atoms with van der Waals surface area (Å²) in [7, 11) is -1.61. The van der Waals surface area contributed by atoms with E-state index in [9.17, 15) is 0 Å². The topological polar surface area (TPSA) is 0 Å². The van der Waals surface area contributed by atoms with Crippen molar-refractivity contribution in [2.24, 2.45) is 0 Å². The molecule has 34 heavy (non-hydrogen) atoms. The van der Waals surface area contributed by atoms with E-state index in [0.717, 1.165) is 6.42 Å². The molecule has 0 fully saturated rings. The summed E-state index contributed by atoms with van der Waals surface area (Å²) < 4.78 is 0. The lowest BCUT2D eigenvalue weighted by Crippen LogP contribution is -2.44. The van der Waals surface area contributed by atoms with Crippen LogP contribution in [0.25, 0.3) is 11.1 Å². The van der Waals surface area contributed by atoms with E-state index in [0.29, 0.717) is 0 Å². The van der Waals surface area contributed by atoms with Crippen molar-refractivity contribution in [2.45, 2.75) is 32.6 Å². The smallest absolute Gasteiger partial charge is 0.0797 e. The fraction of sp³-hybridized carbons (Fsp3) is 0.152. The quantitative estimate of drug-likeness (QED) is 0.254. The zero-order valence-corrected chi connectivity index (χ0v) is 21.1. The molecule has 4 aromatic rings. The Labute approximate surface area is 205 Å². The highest BCUT2D eigenvalue weighted by atomic mass is 28.3. The maximum absolute atomic E-state index is 2.53. The minimum Gasteiger partial charge on any atom is -0.0797 e. The van der Waals surface area contributed by atoms with Gasteiger partial charge in [0, 0.05) is 0 Å². The van der Waals surface area contributed by atoms with Crippen molar-refractivity contribution < 1.29 is 0 Å². The number of rotatable bonds is 8. The van der Waals surface area contributed by atoms with Crippen LogP contribution >= 0.6 is 0 Å². The van der Waals surface area contributed by atoms with Crippen LogP contribution in [0.15, 0.2) is 127 Å². The van der Waals surface area contributed by atoms with E-state index < -0.39 is 8.80 Å².